The minimum absolute atomic E-state index is 0.655. The summed E-state index contributed by atoms with van der Waals surface area (Å²) < 4.78 is 0. The van der Waals surface area contributed by atoms with Gasteiger partial charge in [-0.05, 0) is 74.2 Å². The number of hydrogen-bond acceptors (Lipinski definition) is 2. The minimum Gasteiger partial charge on any atom is -0.300 e. The fraction of sp³-hybridized carbons (Fsp3) is 0.750. The van der Waals surface area contributed by atoms with Crippen molar-refractivity contribution < 1.29 is 0 Å². The summed E-state index contributed by atoms with van der Waals surface area (Å²) in [6.45, 7) is 14.2. The Kier molecular flexibility index (Phi) is 7.17. The Morgan fingerprint density at radius 2 is 1.81 bits per heavy atom. The number of fused-ring (bicyclic) bond motifs is 1. The lowest BCUT2D eigenvalue weighted by atomic mass is 9.88. The molecule has 1 aromatic rings. The van der Waals surface area contributed by atoms with Crippen molar-refractivity contribution in [1.82, 2.24) is 9.80 Å². The van der Waals surface area contributed by atoms with E-state index in [-0.39, 0.29) is 0 Å². The fourth-order valence-corrected chi connectivity index (χ4v) is 5.44. The third-order valence-electron chi connectivity index (χ3n) is 7.12. The highest BCUT2D eigenvalue weighted by Gasteiger charge is 2.33. The van der Waals surface area contributed by atoms with Gasteiger partial charge in [-0.25, -0.2) is 0 Å². The summed E-state index contributed by atoms with van der Waals surface area (Å²) in [6, 6.07) is 8.93. The SMILES string of the molecule is CCC(CC)c1ccc2c(c1)C(N1CCC(N(CC)CC)C1)CCCC2. The molecule has 1 aliphatic heterocycles. The zero-order valence-corrected chi connectivity index (χ0v) is 17.6. The monoisotopic (exact) mass is 356 g/mol. The molecule has 2 unspecified atom stereocenters. The quantitative estimate of drug-likeness (QED) is 0.572. The Morgan fingerprint density at radius 3 is 2.50 bits per heavy atom. The first-order chi connectivity index (χ1) is 12.7. The number of rotatable bonds is 7. The van der Waals surface area contributed by atoms with Crippen molar-refractivity contribution in [2.45, 2.75) is 90.6 Å². The van der Waals surface area contributed by atoms with Crippen LogP contribution in [0.4, 0.5) is 0 Å². The van der Waals surface area contributed by atoms with Crippen LogP contribution in [0.2, 0.25) is 0 Å². The second-order valence-electron chi connectivity index (χ2n) is 8.39. The summed E-state index contributed by atoms with van der Waals surface area (Å²) in [5.74, 6) is 0.728. The maximum absolute atomic E-state index is 2.82. The molecular weight excluding hydrogens is 316 g/mol. The van der Waals surface area contributed by atoms with Gasteiger partial charge >= 0.3 is 0 Å². The molecule has 1 aromatic carbocycles. The van der Waals surface area contributed by atoms with Gasteiger partial charge in [0.15, 0.2) is 0 Å². The molecule has 1 heterocycles. The van der Waals surface area contributed by atoms with Crippen molar-refractivity contribution in [3.05, 3.63) is 34.9 Å². The van der Waals surface area contributed by atoms with E-state index in [0.717, 1.165) is 12.0 Å². The Bertz CT molecular complexity index is 559. The molecule has 3 rings (SSSR count). The predicted molar refractivity (Wildman–Crippen MR) is 113 cm³/mol. The largest absolute Gasteiger partial charge is 0.300 e. The third-order valence-corrected chi connectivity index (χ3v) is 7.12. The summed E-state index contributed by atoms with van der Waals surface area (Å²) in [5, 5.41) is 0. The van der Waals surface area contributed by atoms with Gasteiger partial charge in [0.05, 0.1) is 0 Å². The smallest absolute Gasteiger partial charge is 0.0351 e. The van der Waals surface area contributed by atoms with E-state index >= 15 is 0 Å². The number of hydrogen-bond donors (Lipinski definition) is 0. The highest BCUT2D eigenvalue weighted by Crippen LogP contribution is 2.38. The average Bonchev–Trinajstić information content (AvgIpc) is 3.04. The number of likely N-dealkylation sites (tertiary alicyclic amines) is 1. The average molecular weight is 357 g/mol. The highest BCUT2D eigenvalue weighted by atomic mass is 15.3. The first-order valence-electron chi connectivity index (χ1n) is 11.3. The standard InChI is InChI=1S/C24H40N2/c1-5-19(6-2)21-14-13-20-11-9-10-12-24(23(20)17-21)26-16-15-22(18-26)25(7-3)8-4/h13-14,17,19,22,24H,5-12,15-16,18H2,1-4H3. The zero-order valence-electron chi connectivity index (χ0n) is 17.6. The molecule has 2 atom stereocenters. The lowest BCUT2D eigenvalue weighted by molar-refractivity contribution is 0.182. The van der Waals surface area contributed by atoms with Gasteiger partial charge in [0.1, 0.15) is 0 Å². The lowest BCUT2D eigenvalue weighted by Crippen LogP contribution is -2.38. The Hall–Kier alpha value is -0.860. The molecule has 0 saturated carbocycles. The maximum atomic E-state index is 2.82. The molecular formula is C24H40N2. The summed E-state index contributed by atoms with van der Waals surface area (Å²) in [6.07, 6.45) is 9.24. The van der Waals surface area contributed by atoms with Crippen LogP contribution in [0.1, 0.15) is 94.9 Å². The van der Waals surface area contributed by atoms with E-state index < -0.39 is 0 Å². The second-order valence-corrected chi connectivity index (χ2v) is 8.39. The van der Waals surface area contributed by atoms with Crippen molar-refractivity contribution in [3.63, 3.8) is 0 Å². The molecule has 26 heavy (non-hydrogen) atoms. The van der Waals surface area contributed by atoms with Crippen LogP contribution in [0.25, 0.3) is 0 Å². The van der Waals surface area contributed by atoms with Gasteiger partial charge in [0, 0.05) is 25.2 Å². The van der Waals surface area contributed by atoms with Crippen LogP contribution >= 0.6 is 0 Å². The molecule has 0 aromatic heterocycles. The van der Waals surface area contributed by atoms with Crippen LogP contribution in [0.5, 0.6) is 0 Å². The molecule has 0 bridgehead atoms. The molecule has 0 radical (unpaired) electrons. The van der Waals surface area contributed by atoms with Crippen molar-refractivity contribution >= 4 is 0 Å². The van der Waals surface area contributed by atoms with Gasteiger partial charge in [-0.15, -0.1) is 0 Å². The lowest BCUT2D eigenvalue weighted by Gasteiger charge is -2.31. The third kappa shape index (κ3) is 4.17. The number of aryl methyl sites for hydroxylation is 1. The summed E-state index contributed by atoms with van der Waals surface area (Å²) in [7, 11) is 0. The van der Waals surface area contributed by atoms with Crippen LogP contribution in [0.3, 0.4) is 0 Å². The van der Waals surface area contributed by atoms with Gasteiger partial charge in [-0.1, -0.05) is 52.3 Å². The summed E-state index contributed by atoms with van der Waals surface area (Å²) in [4.78, 5) is 5.49. The van der Waals surface area contributed by atoms with E-state index in [1.165, 1.54) is 71.1 Å². The van der Waals surface area contributed by atoms with E-state index in [0.29, 0.717) is 6.04 Å². The van der Waals surface area contributed by atoms with E-state index in [4.69, 9.17) is 0 Å². The number of likely N-dealkylation sites (N-methyl/N-ethyl adjacent to an activating group) is 1. The van der Waals surface area contributed by atoms with Crippen molar-refractivity contribution in [1.29, 1.82) is 0 Å². The molecule has 1 aliphatic carbocycles. The van der Waals surface area contributed by atoms with Gasteiger partial charge < -0.3 is 0 Å². The maximum Gasteiger partial charge on any atom is 0.0351 e. The first kappa shape index (κ1) is 19.9. The van der Waals surface area contributed by atoms with Gasteiger partial charge in [-0.3, -0.25) is 9.80 Å². The van der Waals surface area contributed by atoms with Crippen LogP contribution in [-0.4, -0.2) is 42.0 Å². The fourth-order valence-electron chi connectivity index (χ4n) is 5.44. The van der Waals surface area contributed by atoms with Gasteiger partial charge in [0.25, 0.3) is 0 Å². The predicted octanol–water partition coefficient (Wildman–Crippen LogP) is 5.77. The Balaban J connectivity index is 1.84. The molecule has 2 nitrogen and oxygen atoms in total. The van der Waals surface area contributed by atoms with E-state index in [1.807, 2.05) is 0 Å². The molecule has 0 N–H and O–H groups in total. The normalized spacial score (nSPS) is 24.2. The topological polar surface area (TPSA) is 6.48 Å². The molecule has 2 aliphatic rings. The Labute approximate surface area is 162 Å². The van der Waals surface area contributed by atoms with Crippen molar-refractivity contribution in [2.75, 3.05) is 26.2 Å². The minimum atomic E-state index is 0.655. The van der Waals surface area contributed by atoms with Crippen molar-refractivity contribution in [3.8, 4) is 0 Å². The van der Waals surface area contributed by atoms with Crippen LogP contribution in [-0.2, 0) is 6.42 Å². The van der Waals surface area contributed by atoms with Crippen LogP contribution in [0, 0.1) is 0 Å². The van der Waals surface area contributed by atoms with E-state index in [2.05, 4.69) is 55.7 Å². The highest BCUT2D eigenvalue weighted by molar-refractivity contribution is 5.37. The zero-order chi connectivity index (χ0) is 18.5. The molecule has 1 fully saturated rings. The van der Waals surface area contributed by atoms with Gasteiger partial charge in [0.2, 0.25) is 0 Å². The number of benzene rings is 1. The second kappa shape index (κ2) is 9.37. The molecule has 0 spiro atoms. The summed E-state index contributed by atoms with van der Waals surface area (Å²) >= 11 is 0. The Morgan fingerprint density at radius 1 is 1.04 bits per heavy atom. The molecule has 1 saturated heterocycles. The van der Waals surface area contributed by atoms with E-state index in [1.54, 1.807) is 16.7 Å². The molecule has 0 amide bonds. The first-order valence-corrected chi connectivity index (χ1v) is 11.3. The number of nitrogens with zero attached hydrogens (tertiary/aromatic N) is 2. The van der Waals surface area contributed by atoms with Crippen LogP contribution < -0.4 is 0 Å². The van der Waals surface area contributed by atoms with Crippen LogP contribution in [0.15, 0.2) is 18.2 Å². The summed E-state index contributed by atoms with van der Waals surface area (Å²) in [5.41, 5.74) is 4.89. The van der Waals surface area contributed by atoms with Gasteiger partial charge in [-0.2, -0.15) is 0 Å². The van der Waals surface area contributed by atoms with E-state index in [9.17, 15) is 0 Å². The van der Waals surface area contributed by atoms with Crippen molar-refractivity contribution in [2.24, 2.45) is 0 Å². The molecule has 146 valence electrons. The molecule has 2 heteroatoms.